The second-order valence-electron chi connectivity index (χ2n) is 4.63. The van der Waals surface area contributed by atoms with Crippen molar-refractivity contribution in [2.45, 2.75) is 6.54 Å². The van der Waals surface area contributed by atoms with Crippen LogP contribution in [0.15, 0.2) is 40.2 Å². The molecule has 1 aromatic carbocycles. The number of para-hydroxylation sites is 1. The molecule has 4 nitrogen and oxygen atoms in total. The molecule has 0 aliphatic carbocycles. The first-order valence-corrected chi connectivity index (χ1v) is 8.42. The van der Waals surface area contributed by atoms with Gasteiger partial charge in [0.1, 0.15) is 13.2 Å². The zero-order chi connectivity index (χ0) is 15.4. The van der Waals surface area contributed by atoms with Crippen LogP contribution in [0.2, 0.25) is 0 Å². The molecule has 1 aromatic heterocycles. The highest BCUT2D eigenvalue weighted by Crippen LogP contribution is 2.33. The molecule has 2 heterocycles. The average Bonchev–Trinajstić information content (AvgIpc) is 2.96. The SMILES string of the molecule is O=C(/C=C/c1ccc(Br)s1)NCc1cccc2c1OCCO2. The lowest BCUT2D eigenvalue weighted by atomic mass is 10.1. The Morgan fingerprint density at radius 3 is 2.95 bits per heavy atom. The van der Waals surface area contributed by atoms with Gasteiger partial charge in [-0.25, -0.2) is 0 Å². The number of fused-ring (bicyclic) bond motifs is 1. The highest BCUT2D eigenvalue weighted by atomic mass is 79.9. The molecule has 3 rings (SSSR count). The van der Waals surface area contributed by atoms with E-state index in [1.54, 1.807) is 17.4 Å². The minimum absolute atomic E-state index is 0.140. The van der Waals surface area contributed by atoms with Crippen LogP contribution >= 0.6 is 27.3 Å². The molecule has 1 aliphatic heterocycles. The largest absolute Gasteiger partial charge is 0.486 e. The molecule has 2 aromatic rings. The molecule has 0 atom stereocenters. The van der Waals surface area contributed by atoms with E-state index in [4.69, 9.17) is 9.47 Å². The Morgan fingerprint density at radius 2 is 2.14 bits per heavy atom. The summed E-state index contributed by atoms with van der Waals surface area (Å²) in [6.07, 6.45) is 3.33. The minimum Gasteiger partial charge on any atom is -0.486 e. The van der Waals surface area contributed by atoms with Crippen molar-refractivity contribution in [2.24, 2.45) is 0 Å². The number of thiophene rings is 1. The number of carbonyl (C=O) groups excluding carboxylic acids is 1. The molecule has 114 valence electrons. The van der Waals surface area contributed by atoms with E-state index in [2.05, 4.69) is 21.2 Å². The van der Waals surface area contributed by atoms with Crippen LogP contribution in [0.5, 0.6) is 11.5 Å². The molecular weight excluding hydrogens is 366 g/mol. The number of nitrogens with one attached hydrogen (secondary N) is 1. The molecule has 0 spiro atoms. The van der Waals surface area contributed by atoms with Gasteiger partial charge in [-0.05, 0) is 40.2 Å². The number of hydrogen-bond donors (Lipinski definition) is 1. The number of benzene rings is 1. The second-order valence-corrected chi connectivity index (χ2v) is 7.13. The molecular formula is C16H14BrNO3S. The number of ether oxygens (including phenoxy) is 2. The van der Waals surface area contributed by atoms with Gasteiger partial charge in [0.25, 0.3) is 0 Å². The summed E-state index contributed by atoms with van der Waals surface area (Å²) in [7, 11) is 0. The van der Waals surface area contributed by atoms with Crippen LogP contribution < -0.4 is 14.8 Å². The summed E-state index contributed by atoms with van der Waals surface area (Å²) in [5.74, 6) is 1.32. The Kier molecular flexibility index (Phi) is 4.80. The highest BCUT2D eigenvalue weighted by molar-refractivity contribution is 9.11. The molecule has 0 bridgehead atoms. The van der Waals surface area contributed by atoms with Gasteiger partial charge in [0, 0.05) is 23.1 Å². The lowest BCUT2D eigenvalue weighted by Gasteiger charge is -2.20. The van der Waals surface area contributed by atoms with Crippen molar-refractivity contribution in [1.82, 2.24) is 5.32 Å². The zero-order valence-corrected chi connectivity index (χ0v) is 14.1. The minimum atomic E-state index is -0.140. The van der Waals surface area contributed by atoms with Gasteiger partial charge < -0.3 is 14.8 Å². The van der Waals surface area contributed by atoms with E-state index in [0.717, 1.165) is 25.7 Å². The van der Waals surface area contributed by atoms with Crippen molar-refractivity contribution in [3.63, 3.8) is 0 Å². The van der Waals surface area contributed by atoms with Gasteiger partial charge in [0.2, 0.25) is 5.91 Å². The van der Waals surface area contributed by atoms with Crippen molar-refractivity contribution in [3.05, 3.63) is 50.6 Å². The molecule has 1 amide bonds. The summed E-state index contributed by atoms with van der Waals surface area (Å²) in [5.41, 5.74) is 0.915. The lowest BCUT2D eigenvalue weighted by Crippen LogP contribution is -2.22. The Hall–Kier alpha value is -1.79. The normalized spacial score (nSPS) is 13.3. The van der Waals surface area contributed by atoms with Crippen LogP contribution in [-0.4, -0.2) is 19.1 Å². The summed E-state index contributed by atoms with van der Waals surface area (Å²) in [6.45, 7) is 1.50. The Balaban J connectivity index is 1.60. The number of amides is 1. The van der Waals surface area contributed by atoms with Gasteiger partial charge in [0.05, 0.1) is 3.79 Å². The summed E-state index contributed by atoms with van der Waals surface area (Å²) < 4.78 is 12.2. The van der Waals surface area contributed by atoms with E-state index in [1.807, 2.05) is 30.3 Å². The average molecular weight is 380 g/mol. The molecule has 6 heteroatoms. The van der Waals surface area contributed by atoms with Gasteiger partial charge in [-0.1, -0.05) is 12.1 Å². The fourth-order valence-corrected chi connectivity index (χ4v) is 3.42. The number of hydrogen-bond acceptors (Lipinski definition) is 4. The first kappa shape index (κ1) is 15.1. The fourth-order valence-electron chi connectivity index (χ4n) is 2.09. The van der Waals surface area contributed by atoms with Crippen LogP contribution in [0.25, 0.3) is 6.08 Å². The third kappa shape index (κ3) is 3.69. The third-order valence-electron chi connectivity index (χ3n) is 3.09. The Labute approximate surface area is 140 Å². The van der Waals surface area contributed by atoms with Crippen LogP contribution in [0.4, 0.5) is 0 Å². The van der Waals surface area contributed by atoms with Crippen molar-refractivity contribution < 1.29 is 14.3 Å². The van der Waals surface area contributed by atoms with Crippen molar-refractivity contribution >= 4 is 39.2 Å². The number of rotatable bonds is 4. The van der Waals surface area contributed by atoms with Gasteiger partial charge >= 0.3 is 0 Å². The summed E-state index contributed by atoms with van der Waals surface area (Å²) >= 11 is 4.97. The maximum Gasteiger partial charge on any atom is 0.244 e. The van der Waals surface area contributed by atoms with Crippen LogP contribution in [0, 0.1) is 0 Å². The molecule has 0 fully saturated rings. The number of carbonyl (C=O) groups is 1. The molecule has 1 aliphatic rings. The smallest absolute Gasteiger partial charge is 0.244 e. The molecule has 0 radical (unpaired) electrons. The van der Waals surface area contributed by atoms with Crippen molar-refractivity contribution in [2.75, 3.05) is 13.2 Å². The maximum absolute atomic E-state index is 11.9. The standard InChI is InChI=1S/C16H14BrNO3S/c17-14-6-4-12(22-14)5-7-15(19)18-10-11-2-1-3-13-16(11)21-9-8-20-13/h1-7H,8-10H2,(H,18,19)/b7-5+. The van der Waals surface area contributed by atoms with E-state index in [0.29, 0.717) is 19.8 Å². The Bertz CT molecular complexity index is 711. The van der Waals surface area contributed by atoms with E-state index in [-0.39, 0.29) is 5.91 Å². The Morgan fingerprint density at radius 1 is 1.27 bits per heavy atom. The maximum atomic E-state index is 11.9. The fraction of sp³-hybridized carbons (Fsp3) is 0.188. The van der Waals surface area contributed by atoms with E-state index in [9.17, 15) is 4.79 Å². The zero-order valence-electron chi connectivity index (χ0n) is 11.7. The van der Waals surface area contributed by atoms with E-state index >= 15 is 0 Å². The molecule has 1 N–H and O–H groups in total. The predicted molar refractivity (Wildman–Crippen MR) is 90.3 cm³/mol. The monoisotopic (exact) mass is 379 g/mol. The molecule has 0 saturated heterocycles. The first-order chi connectivity index (χ1) is 10.7. The second kappa shape index (κ2) is 6.98. The van der Waals surface area contributed by atoms with Gasteiger partial charge in [0.15, 0.2) is 11.5 Å². The topological polar surface area (TPSA) is 47.6 Å². The van der Waals surface area contributed by atoms with Crippen LogP contribution in [0.3, 0.4) is 0 Å². The summed E-state index contributed by atoms with van der Waals surface area (Å²) in [4.78, 5) is 12.9. The molecule has 0 unspecified atom stereocenters. The molecule has 22 heavy (non-hydrogen) atoms. The lowest BCUT2D eigenvalue weighted by molar-refractivity contribution is -0.116. The van der Waals surface area contributed by atoms with Gasteiger partial charge in [-0.2, -0.15) is 0 Å². The van der Waals surface area contributed by atoms with E-state index < -0.39 is 0 Å². The van der Waals surface area contributed by atoms with Crippen LogP contribution in [-0.2, 0) is 11.3 Å². The van der Waals surface area contributed by atoms with Gasteiger partial charge in [-0.3, -0.25) is 4.79 Å². The quantitative estimate of drug-likeness (QED) is 0.825. The molecule has 0 saturated carbocycles. The van der Waals surface area contributed by atoms with Crippen molar-refractivity contribution in [1.29, 1.82) is 0 Å². The van der Waals surface area contributed by atoms with E-state index in [1.165, 1.54) is 6.08 Å². The van der Waals surface area contributed by atoms with Crippen LogP contribution in [0.1, 0.15) is 10.4 Å². The summed E-state index contributed by atoms with van der Waals surface area (Å²) in [5, 5.41) is 2.86. The van der Waals surface area contributed by atoms with Gasteiger partial charge in [-0.15, -0.1) is 11.3 Å². The third-order valence-corrected chi connectivity index (χ3v) is 4.68. The predicted octanol–water partition coefficient (Wildman–Crippen LogP) is 3.61. The van der Waals surface area contributed by atoms with Crippen molar-refractivity contribution in [3.8, 4) is 11.5 Å². The highest BCUT2D eigenvalue weighted by Gasteiger charge is 2.15. The first-order valence-electron chi connectivity index (χ1n) is 6.81. The summed E-state index contributed by atoms with van der Waals surface area (Å²) in [6, 6.07) is 9.60. The number of halogens is 1.